The van der Waals surface area contributed by atoms with E-state index in [1.54, 1.807) is 21.0 Å². The van der Waals surface area contributed by atoms with Crippen LogP contribution in [0.15, 0.2) is 0 Å². The monoisotopic (exact) mass is 237 g/mol. The molecule has 0 radical (unpaired) electrons. The fourth-order valence-corrected chi connectivity index (χ4v) is 2.04. The third-order valence-corrected chi connectivity index (χ3v) is 4.44. The Morgan fingerprint density at radius 3 is 2.33 bits per heavy atom. The zero-order valence-electron chi connectivity index (χ0n) is 10.1. The molecular formula is C10H23NO3S. The van der Waals surface area contributed by atoms with Gasteiger partial charge in [-0.3, -0.25) is 0 Å². The van der Waals surface area contributed by atoms with Crippen LogP contribution in [0.4, 0.5) is 0 Å². The van der Waals surface area contributed by atoms with Gasteiger partial charge in [-0.15, -0.1) is 0 Å². The first kappa shape index (κ1) is 14.9. The highest BCUT2D eigenvalue weighted by atomic mass is 32.2. The van der Waals surface area contributed by atoms with Crippen molar-refractivity contribution >= 4 is 9.84 Å². The maximum absolute atomic E-state index is 11.4. The fraction of sp³-hybridized carbons (Fsp3) is 1.00. The molecule has 1 atom stereocenters. The summed E-state index contributed by atoms with van der Waals surface area (Å²) >= 11 is 0. The highest BCUT2D eigenvalue weighted by Gasteiger charge is 2.15. The first-order chi connectivity index (χ1) is 6.90. The van der Waals surface area contributed by atoms with E-state index in [1.165, 1.54) is 0 Å². The minimum absolute atomic E-state index is 0.213. The second-order valence-corrected chi connectivity index (χ2v) is 6.86. The van der Waals surface area contributed by atoms with E-state index in [0.717, 1.165) is 6.54 Å². The van der Waals surface area contributed by atoms with Crippen LogP contribution in [-0.4, -0.2) is 46.2 Å². The Labute approximate surface area is 93.3 Å². The molecule has 0 aliphatic carbocycles. The number of nitrogens with one attached hydrogen (secondary N) is 1. The normalized spacial score (nSPS) is 14.5. The van der Waals surface area contributed by atoms with Crippen molar-refractivity contribution in [2.24, 2.45) is 5.92 Å². The molecule has 0 fully saturated rings. The Morgan fingerprint density at radius 2 is 1.87 bits per heavy atom. The molecule has 1 N–H and O–H groups in total. The Morgan fingerprint density at radius 1 is 1.27 bits per heavy atom. The number of sulfone groups is 1. The summed E-state index contributed by atoms with van der Waals surface area (Å²) in [6.07, 6.45) is 0. The van der Waals surface area contributed by atoms with Crippen molar-refractivity contribution < 1.29 is 13.2 Å². The highest BCUT2D eigenvalue weighted by molar-refractivity contribution is 7.92. The predicted octanol–water partition coefficient (Wildman–Crippen LogP) is 0.682. The maximum Gasteiger partial charge on any atom is 0.153 e. The topological polar surface area (TPSA) is 55.4 Å². The lowest BCUT2D eigenvalue weighted by Crippen LogP contribution is -2.30. The van der Waals surface area contributed by atoms with Gasteiger partial charge in [0.05, 0.1) is 11.0 Å². The largest absolute Gasteiger partial charge is 0.384 e. The summed E-state index contributed by atoms with van der Waals surface area (Å²) in [5.74, 6) is 0.626. The Bertz CT molecular complexity index is 249. The molecular weight excluding hydrogens is 214 g/mol. The average molecular weight is 237 g/mol. The van der Waals surface area contributed by atoms with Crippen molar-refractivity contribution in [2.75, 3.05) is 32.6 Å². The van der Waals surface area contributed by atoms with E-state index in [-0.39, 0.29) is 11.0 Å². The summed E-state index contributed by atoms with van der Waals surface area (Å²) in [6, 6.07) is 0. The first-order valence-corrected chi connectivity index (χ1v) is 7.03. The van der Waals surface area contributed by atoms with Gasteiger partial charge in [-0.25, -0.2) is 8.42 Å². The average Bonchev–Trinajstić information content (AvgIpc) is 2.13. The smallest absolute Gasteiger partial charge is 0.153 e. The molecule has 92 valence electrons. The maximum atomic E-state index is 11.4. The van der Waals surface area contributed by atoms with Crippen molar-refractivity contribution in [2.45, 2.75) is 26.0 Å². The summed E-state index contributed by atoms with van der Waals surface area (Å²) in [5, 5.41) is 2.84. The molecule has 0 heterocycles. The summed E-state index contributed by atoms with van der Waals surface area (Å²) in [5.41, 5.74) is 0. The van der Waals surface area contributed by atoms with Gasteiger partial charge in [0.15, 0.2) is 9.84 Å². The van der Waals surface area contributed by atoms with Crippen LogP contribution in [-0.2, 0) is 14.6 Å². The third-order valence-electron chi connectivity index (χ3n) is 2.23. The van der Waals surface area contributed by atoms with Gasteiger partial charge in [0, 0.05) is 20.3 Å². The zero-order valence-corrected chi connectivity index (χ0v) is 10.9. The van der Waals surface area contributed by atoms with E-state index in [1.807, 2.05) is 0 Å². The number of hydrogen-bond acceptors (Lipinski definition) is 4. The quantitative estimate of drug-likeness (QED) is 0.631. The van der Waals surface area contributed by atoms with Gasteiger partial charge in [-0.2, -0.15) is 0 Å². The molecule has 4 nitrogen and oxygen atoms in total. The number of rotatable bonds is 8. The summed E-state index contributed by atoms with van der Waals surface area (Å²) < 4.78 is 27.9. The lowest BCUT2D eigenvalue weighted by Gasteiger charge is -2.12. The van der Waals surface area contributed by atoms with Crippen molar-refractivity contribution in [3.8, 4) is 0 Å². The van der Waals surface area contributed by atoms with E-state index < -0.39 is 9.84 Å². The van der Waals surface area contributed by atoms with Gasteiger partial charge in [0.25, 0.3) is 0 Å². The molecule has 0 aromatic rings. The van der Waals surface area contributed by atoms with E-state index in [9.17, 15) is 8.42 Å². The van der Waals surface area contributed by atoms with Crippen LogP contribution in [0.1, 0.15) is 20.8 Å². The van der Waals surface area contributed by atoms with Gasteiger partial charge in [-0.05, 0) is 26.3 Å². The number of ether oxygens (including phenoxy) is 1. The minimum atomic E-state index is -2.90. The number of methoxy groups -OCH3 is 1. The molecule has 0 rings (SSSR count). The first-order valence-electron chi connectivity index (χ1n) is 5.31. The van der Waals surface area contributed by atoms with E-state index in [4.69, 9.17) is 4.74 Å². The minimum Gasteiger partial charge on any atom is -0.384 e. The van der Waals surface area contributed by atoms with Crippen LogP contribution >= 0.6 is 0 Å². The predicted molar refractivity (Wildman–Crippen MR) is 62.8 cm³/mol. The standard InChI is InChI=1S/C10H23NO3S/c1-9(2)15(12,13)6-5-11-7-10(3)8-14-4/h9-11H,5-8H2,1-4H3. The zero-order chi connectivity index (χ0) is 11.9. The molecule has 0 aromatic heterocycles. The van der Waals surface area contributed by atoms with Crippen molar-refractivity contribution in [3.63, 3.8) is 0 Å². The highest BCUT2D eigenvalue weighted by Crippen LogP contribution is 1.99. The molecule has 0 saturated carbocycles. The van der Waals surface area contributed by atoms with Crippen LogP contribution in [0.5, 0.6) is 0 Å². The van der Waals surface area contributed by atoms with Gasteiger partial charge < -0.3 is 10.1 Å². The van der Waals surface area contributed by atoms with E-state index >= 15 is 0 Å². The summed E-state index contributed by atoms with van der Waals surface area (Å²) in [4.78, 5) is 0. The number of hydrogen-bond donors (Lipinski definition) is 1. The summed E-state index contributed by atoms with van der Waals surface area (Å²) in [7, 11) is -1.24. The van der Waals surface area contributed by atoms with Gasteiger partial charge in [0.1, 0.15) is 0 Å². The Balaban J connectivity index is 3.63. The van der Waals surface area contributed by atoms with Crippen LogP contribution in [0, 0.1) is 5.92 Å². The van der Waals surface area contributed by atoms with Crippen LogP contribution in [0.3, 0.4) is 0 Å². The Hall–Kier alpha value is -0.130. The lowest BCUT2D eigenvalue weighted by atomic mass is 10.2. The molecule has 0 aliphatic heterocycles. The van der Waals surface area contributed by atoms with Gasteiger partial charge in [-0.1, -0.05) is 6.92 Å². The second kappa shape index (κ2) is 7.19. The molecule has 0 amide bonds. The second-order valence-electron chi connectivity index (χ2n) is 4.18. The van der Waals surface area contributed by atoms with Crippen molar-refractivity contribution in [1.29, 1.82) is 0 Å². The van der Waals surface area contributed by atoms with Crippen molar-refractivity contribution in [3.05, 3.63) is 0 Å². The molecule has 5 heteroatoms. The molecule has 0 aromatic carbocycles. The molecule has 0 spiro atoms. The third kappa shape index (κ3) is 6.87. The van der Waals surface area contributed by atoms with E-state index in [0.29, 0.717) is 19.1 Å². The van der Waals surface area contributed by atoms with Crippen LogP contribution in [0.2, 0.25) is 0 Å². The summed E-state index contributed by atoms with van der Waals surface area (Å²) in [6.45, 7) is 7.50. The van der Waals surface area contributed by atoms with Crippen molar-refractivity contribution in [1.82, 2.24) is 5.32 Å². The van der Waals surface area contributed by atoms with Crippen LogP contribution < -0.4 is 5.32 Å². The SMILES string of the molecule is COCC(C)CNCCS(=O)(=O)C(C)C. The van der Waals surface area contributed by atoms with Gasteiger partial charge >= 0.3 is 0 Å². The van der Waals surface area contributed by atoms with Gasteiger partial charge in [0.2, 0.25) is 0 Å². The molecule has 0 saturated heterocycles. The molecule has 0 bridgehead atoms. The molecule has 1 unspecified atom stereocenters. The van der Waals surface area contributed by atoms with E-state index in [2.05, 4.69) is 12.2 Å². The molecule has 15 heavy (non-hydrogen) atoms. The lowest BCUT2D eigenvalue weighted by molar-refractivity contribution is 0.159. The molecule has 0 aliphatic rings. The van der Waals surface area contributed by atoms with Crippen LogP contribution in [0.25, 0.3) is 0 Å². The fourth-order valence-electron chi connectivity index (χ4n) is 1.14. The Kier molecular flexibility index (Phi) is 7.13.